The number of nitrogens with one attached hydrogen (secondary N) is 1. The maximum atomic E-state index is 15.2. The van der Waals surface area contributed by atoms with E-state index < -0.39 is 63.6 Å². The van der Waals surface area contributed by atoms with Crippen molar-refractivity contribution in [2.24, 2.45) is 4.99 Å². The first-order chi connectivity index (χ1) is 18.2. The van der Waals surface area contributed by atoms with E-state index in [-0.39, 0.29) is 32.7 Å². The minimum atomic E-state index is -1.63. The van der Waals surface area contributed by atoms with Crippen LogP contribution in [0.1, 0.15) is 49.8 Å². The molecule has 1 fully saturated rings. The van der Waals surface area contributed by atoms with Gasteiger partial charge in [0.1, 0.15) is 23.8 Å². The van der Waals surface area contributed by atoms with Crippen LogP contribution in [-0.4, -0.2) is 47.7 Å². The fourth-order valence-electron chi connectivity index (χ4n) is 3.75. The molecule has 38 heavy (non-hydrogen) atoms. The van der Waals surface area contributed by atoms with Gasteiger partial charge in [0.2, 0.25) is 0 Å². The Bertz CT molecular complexity index is 1230. The van der Waals surface area contributed by atoms with Crippen molar-refractivity contribution in [1.82, 2.24) is 5.32 Å². The highest BCUT2D eigenvalue weighted by Gasteiger charge is 2.51. The van der Waals surface area contributed by atoms with Crippen LogP contribution in [-0.2, 0) is 26.4 Å². The Kier molecular flexibility index (Phi) is 9.51. The summed E-state index contributed by atoms with van der Waals surface area (Å²) in [5.41, 5.74) is -3.12. The Morgan fingerprint density at radius 2 is 1.82 bits per heavy atom. The van der Waals surface area contributed by atoms with Gasteiger partial charge in [-0.1, -0.05) is 37.3 Å². The topological polar surface area (TPSA) is 117 Å². The van der Waals surface area contributed by atoms with Crippen molar-refractivity contribution in [1.29, 1.82) is 0 Å². The number of nitrogens with zero attached hydrogens (tertiary/aromatic N) is 1. The van der Waals surface area contributed by atoms with Gasteiger partial charge in [-0.2, -0.15) is 0 Å². The van der Waals surface area contributed by atoms with E-state index in [1.165, 1.54) is 6.92 Å². The van der Waals surface area contributed by atoms with Gasteiger partial charge in [0.25, 0.3) is 0 Å². The van der Waals surface area contributed by atoms with E-state index in [0.29, 0.717) is 18.1 Å². The van der Waals surface area contributed by atoms with Gasteiger partial charge in [-0.25, -0.2) is 22.8 Å². The van der Waals surface area contributed by atoms with Crippen molar-refractivity contribution in [3.05, 3.63) is 76.1 Å². The van der Waals surface area contributed by atoms with Crippen LogP contribution in [0.2, 0.25) is 0 Å². The number of carbonyl (C=O) groups excluding carboxylic acids is 2. The molecule has 204 valence electrons. The summed E-state index contributed by atoms with van der Waals surface area (Å²) in [7, 11) is 0. The molecule has 0 aliphatic heterocycles. The summed E-state index contributed by atoms with van der Waals surface area (Å²) in [6.07, 6.45) is 0.573. The number of amides is 1. The molecule has 1 aliphatic carbocycles. The van der Waals surface area contributed by atoms with E-state index >= 15 is 13.2 Å². The first kappa shape index (κ1) is 28.7. The molecule has 2 aromatic rings. The molecule has 0 radical (unpaired) electrons. The number of esters is 1. The molecule has 3 N–H and O–H groups in total. The number of alkyl carbamates (subject to hydrolysis) is 1. The Balaban J connectivity index is 1.92. The van der Waals surface area contributed by atoms with Gasteiger partial charge in [-0.05, 0) is 37.8 Å². The molecule has 0 aromatic heterocycles. The number of benzene rings is 2. The summed E-state index contributed by atoms with van der Waals surface area (Å²) in [5.74, 6) is -6.70. The summed E-state index contributed by atoms with van der Waals surface area (Å²) < 4.78 is 55.6. The minimum Gasteiger partial charge on any atom is -0.506 e. The van der Waals surface area contributed by atoms with E-state index in [1.807, 2.05) is 0 Å². The average Bonchev–Trinajstić information content (AvgIpc) is 3.67. The summed E-state index contributed by atoms with van der Waals surface area (Å²) in [6, 6.07) is 8.67. The van der Waals surface area contributed by atoms with Gasteiger partial charge in [-0.15, -0.1) is 0 Å². The number of aliphatic hydroxyl groups is 2. The second-order valence-corrected chi connectivity index (χ2v) is 8.68. The van der Waals surface area contributed by atoms with Gasteiger partial charge < -0.3 is 25.0 Å². The number of aliphatic hydroxyl groups excluding tert-OH is 2. The first-order valence-electron chi connectivity index (χ1n) is 12.1. The van der Waals surface area contributed by atoms with Gasteiger partial charge in [0, 0.05) is 6.21 Å². The summed E-state index contributed by atoms with van der Waals surface area (Å²) in [4.78, 5) is 28.7. The highest BCUT2D eigenvalue weighted by atomic mass is 19.2. The third kappa shape index (κ3) is 6.52. The smallest absolute Gasteiger partial charge is 0.408 e. The van der Waals surface area contributed by atoms with Gasteiger partial charge in [-0.3, -0.25) is 4.99 Å². The van der Waals surface area contributed by atoms with Crippen LogP contribution >= 0.6 is 0 Å². The number of aliphatic imine (C=N–C) groups is 1. The van der Waals surface area contributed by atoms with Gasteiger partial charge >= 0.3 is 12.1 Å². The van der Waals surface area contributed by atoms with Gasteiger partial charge in [0.05, 0.1) is 35.9 Å². The van der Waals surface area contributed by atoms with Crippen molar-refractivity contribution in [2.75, 3.05) is 13.2 Å². The number of halogens is 3. The van der Waals surface area contributed by atoms with Crippen LogP contribution in [0.15, 0.2) is 47.0 Å². The third-order valence-corrected chi connectivity index (χ3v) is 6.04. The molecule has 11 heteroatoms. The second kappa shape index (κ2) is 12.6. The maximum absolute atomic E-state index is 15.2. The third-order valence-electron chi connectivity index (χ3n) is 6.04. The maximum Gasteiger partial charge on any atom is 0.408 e. The van der Waals surface area contributed by atoms with Crippen LogP contribution in [0.3, 0.4) is 0 Å². The number of ether oxygens (including phenoxy) is 2. The molecule has 0 spiro atoms. The van der Waals surface area contributed by atoms with Gasteiger partial charge in [0.15, 0.2) is 11.6 Å². The van der Waals surface area contributed by atoms with Crippen molar-refractivity contribution in [3.8, 4) is 0 Å². The fourth-order valence-corrected chi connectivity index (χ4v) is 3.75. The summed E-state index contributed by atoms with van der Waals surface area (Å²) in [5, 5.41) is 22.4. The lowest BCUT2D eigenvalue weighted by Gasteiger charge is -2.20. The molecular formula is C27H29F3N2O6. The van der Waals surface area contributed by atoms with Crippen molar-refractivity contribution in [2.45, 2.75) is 51.3 Å². The molecule has 3 rings (SSSR count). The van der Waals surface area contributed by atoms with Crippen molar-refractivity contribution in [3.63, 3.8) is 0 Å². The first-order valence-corrected chi connectivity index (χ1v) is 12.1. The van der Waals surface area contributed by atoms with E-state index in [2.05, 4.69) is 10.3 Å². The molecule has 1 atom stereocenters. The highest BCUT2D eigenvalue weighted by molar-refractivity contribution is 6.15. The molecular weight excluding hydrogens is 505 g/mol. The van der Waals surface area contributed by atoms with Crippen LogP contribution < -0.4 is 5.32 Å². The van der Waals surface area contributed by atoms with E-state index in [0.717, 1.165) is 6.21 Å². The number of hydrogen-bond acceptors (Lipinski definition) is 7. The number of carbonyl (C=O) groups is 2. The molecule has 2 aromatic carbocycles. The van der Waals surface area contributed by atoms with Crippen molar-refractivity contribution < 1.29 is 42.4 Å². The SMILES string of the molecule is CCOC(=O)/C(C=NC(CC)CO)=C(\O)c1cc(F)c(C2(NC(=O)OCc3ccccc3)CC2)c(F)c1F. The zero-order chi connectivity index (χ0) is 27.9. The largest absolute Gasteiger partial charge is 0.506 e. The van der Waals surface area contributed by atoms with Crippen LogP contribution in [0.25, 0.3) is 5.76 Å². The van der Waals surface area contributed by atoms with Crippen molar-refractivity contribution >= 4 is 24.0 Å². The Morgan fingerprint density at radius 3 is 2.39 bits per heavy atom. The highest BCUT2D eigenvalue weighted by Crippen LogP contribution is 2.48. The lowest BCUT2D eigenvalue weighted by Crippen LogP contribution is -2.37. The Labute approximate surface area is 217 Å². The molecule has 1 saturated carbocycles. The van der Waals surface area contributed by atoms with Crippen LogP contribution in [0.5, 0.6) is 0 Å². The summed E-state index contributed by atoms with van der Waals surface area (Å²) in [6.45, 7) is 2.67. The molecule has 1 aliphatic rings. The van der Waals surface area contributed by atoms with E-state index in [1.54, 1.807) is 37.3 Å². The van der Waals surface area contributed by atoms with E-state index in [4.69, 9.17) is 9.47 Å². The Hall–Kier alpha value is -3.86. The number of hydrogen-bond donors (Lipinski definition) is 3. The van der Waals surface area contributed by atoms with Crippen LogP contribution in [0, 0.1) is 17.5 Å². The molecule has 0 saturated heterocycles. The molecule has 0 bridgehead atoms. The zero-order valence-electron chi connectivity index (χ0n) is 21.0. The molecule has 8 nitrogen and oxygen atoms in total. The predicted octanol–water partition coefficient (Wildman–Crippen LogP) is 4.69. The quantitative estimate of drug-likeness (QED) is 0.127. The zero-order valence-corrected chi connectivity index (χ0v) is 21.0. The predicted molar refractivity (Wildman–Crippen MR) is 133 cm³/mol. The Morgan fingerprint density at radius 1 is 1.13 bits per heavy atom. The monoisotopic (exact) mass is 534 g/mol. The molecule has 0 heterocycles. The lowest BCUT2D eigenvalue weighted by molar-refractivity contribution is -0.137. The standard InChI is InChI=1S/C27H29F3N2O6/c1-3-17(14-33)31-13-19(25(35)37-4-2)24(34)18-12-20(28)21(23(30)22(18)29)27(10-11-27)32-26(36)38-15-16-8-6-5-7-9-16/h5-9,12-13,17,33-34H,3-4,10-11,14-15H2,1-2H3,(H,32,36)/b24-19-,31-13?. The van der Waals surface area contributed by atoms with Crippen LogP contribution in [0.4, 0.5) is 18.0 Å². The molecule has 1 amide bonds. The average molecular weight is 535 g/mol. The number of rotatable bonds is 11. The van der Waals surface area contributed by atoms with E-state index in [9.17, 15) is 19.8 Å². The molecule has 1 unspecified atom stereocenters. The second-order valence-electron chi connectivity index (χ2n) is 8.68. The normalized spacial score (nSPS) is 15.5. The summed E-state index contributed by atoms with van der Waals surface area (Å²) >= 11 is 0. The minimum absolute atomic E-state index is 0.0763. The lowest BCUT2D eigenvalue weighted by atomic mass is 9.98. The fraction of sp³-hybridized carbons (Fsp3) is 0.370.